The van der Waals surface area contributed by atoms with Gasteiger partial charge in [0.05, 0.1) is 7.11 Å². The van der Waals surface area contributed by atoms with Crippen molar-refractivity contribution in [3.05, 3.63) is 0 Å². The molecule has 106 valence electrons. The lowest BCUT2D eigenvalue weighted by atomic mass is 9.95. The molecule has 0 aromatic carbocycles. The Morgan fingerprint density at radius 1 is 1.22 bits per heavy atom. The zero-order chi connectivity index (χ0) is 13.2. The molecule has 1 rings (SSSR count). The minimum absolute atomic E-state index is 0.0921. The van der Waals surface area contributed by atoms with Crippen LogP contribution in [-0.2, 0) is 9.53 Å². The van der Waals surface area contributed by atoms with Crippen LogP contribution in [0.15, 0.2) is 0 Å². The summed E-state index contributed by atoms with van der Waals surface area (Å²) in [4.78, 5) is 11.8. The molecule has 1 saturated carbocycles. The van der Waals surface area contributed by atoms with Gasteiger partial charge >= 0.3 is 5.97 Å². The van der Waals surface area contributed by atoms with Gasteiger partial charge in [0.1, 0.15) is 6.04 Å². The summed E-state index contributed by atoms with van der Waals surface area (Å²) in [5.41, 5.74) is 0. The minimum Gasteiger partial charge on any atom is -0.468 e. The molecule has 1 aliphatic rings. The van der Waals surface area contributed by atoms with Gasteiger partial charge in [0, 0.05) is 6.04 Å². The molecule has 0 aliphatic heterocycles. The second-order valence-electron chi connectivity index (χ2n) is 5.43. The summed E-state index contributed by atoms with van der Waals surface area (Å²) in [7, 11) is 1.49. The van der Waals surface area contributed by atoms with Crippen molar-refractivity contribution >= 4 is 5.97 Å². The average Bonchev–Trinajstić information content (AvgIpc) is 2.35. The van der Waals surface area contributed by atoms with Crippen LogP contribution in [0.1, 0.15) is 71.1 Å². The molecule has 0 amide bonds. The Balaban J connectivity index is 2.43. The molecule has 1 unspecified atom stereocenters. The Kier molecular flexibility index (Phi) is 8.06. The molecule has 0 bridgehead atoms. The van der Waals surface area contributed by atoms with E-state index in [2.05, 4.69) is 12.2 Å². The number of esters is 1. The monoisotopic (exact) mass is 255 g/mol. The average molecular weight is 255 g/mol. The molecule has 1 aliphatic carbocycles. The number of carbonyl (C=O) groups is 1. The summed E-state index contributed by atoms with van der Waals surface area (Å²) < 4.78 is 4.91. The van der Waals surface area contributed by atoms with Crippen molar-refractivity contribution in [2.45, 2.75) is 83.2 Å². The number of rotatable bonds is 6. The first-order valence-electron chi connectivity index (χ1n) is 7.61. The third-order valence-corrected chi connectivity index (χ3v) is 3.87. The van der Waals surface area contributed by atoms with Gasteiger partial charge in [-0.05, 0) is 19.3 Å². The van der Waals surface area contributed by atoms with Gasteiger partial charge in [0.15, 0.2) is 0 Å². The highest BCUT2D eigenvalue weighted by Gasteiger charge is 2.22. The van der Waals surface area contributed by atoms with E-state index in [0.717, 1.165) is 19.3 Å². The maximum absolute atomic E-state index is 11.8. The van der Waals surface area contributed by atoms with E-state index in [4.69, 9.17) is 4.74 Å². The predicted octanol–water partition coefficient (Wildman–Crippen LogP) is 3.42. The van der Waals surface area contributed by atoms with Crippen molar-refractivity contribution in [3.8, 4) is 0 Å². The highest BCUT2D eigenvalue weighted by atomic mass is 16.5. The molecule has 3 heteroatoms. The zero-order valence-electron chi connectivity index (χ0n) is 12.0. The second-order valence-corrected chi connectivity index (χ2v) is 5.43. The number of unbranched alkanes of at least 4 members (excludes halogenated alkanes) is 1. The van der Waals surface area contributed by atoms with Crippen LogP contribution in [0.2, 0.25) is 0 Å². The topological polar surface area (TPSA) is 38.3 Å². The number of methoxy groups -OCH3 is 1. The van der Waals surface area contributed by atoms with E-state index in [1.807, 2.05) is 0 Å². The Bertz CT molecular complexity index is 223. The van der Waals surface area contributed by atoms with Gasteiger partial charge in [-0.25, -0.2) is 0 Å². The highest BCUT2D eigenvalue weighted by Crippen LogP contribution is 2.18. The first-order valence-corrected chi connectivity index (χ1v) is 7.61. The number of ether oxygens (including phenoxy) is 1. The fourth-order valence-corrected chi connectivity index (χ4v) is 2.73. The van der Waals surface area contributed by atoms with Gasteiger partial charge < -0.3 is 10.1 Å². The lowest BCUT2D eigenvalue weighted by Gasteiger charge is -2.25. The Morgan fingerprint density at radius 2 is 1.83 bits per heavy atom. The molecule has 3 nitrogen and oxygen atoms in total. The number of hydrogen-bond donors (Lipinski definition) is 1. The summed E-state index contributed by atoms with van der Waals surface area (Å²) in [6.07, 6.45) is 12.2. The molecule has 0 radical (unpaired) electrons. The predicted molar refractivity (Wildman–Crippen MR) is 74.6 cm³/mol. The van der Waals surface area contributed by atoms with E-state index >= 15 is 0 Å². The Labute approximate surface area is 112 Å². The molecular formula is C15H29NO2. The number of nitrogens with one attached hydrogen (secondary N) is 1. The van der Waals surface area contributed by atoms with E-state index < -0.39 is 0 Å². The zero-order valence-corrected chi connectivity index (χ0v) is 12.0. The van der Waals surface area contributed by atoms with Crippen LogP contribution in [0.4, 0.5) is 0 Å². The maximum atomic E-state index is 11.8. The molecule has 1 N–H and O–H groups in total. The lowest BCUT2D eigenvalue weighted by Crippen LogP contribution is -2.44. The van der Waals surface area contributed by atoms with Crippen molar-refractivity contribution in [1.29, 1.82) is 0 Å². The third-order valence-electron chi connectivity index (χ3n) is 3.87. The molecule has 1 fully saturated rings. The minimum atomic E-state index is -0.0978. The molecule has 0 aromatic heterocycles. The van der Waals surface area contributed by atoms with Crippen molar-refractivity contribution in [3.63, 3.8) is 0 Å². The summed E-state index contributed by atoms with van der Waals surface area (Å²) in [5, 5.41) is 3.53. The van der Waals surface area contributed by atoms with E-state index in [9.17, 15) is 4.79 Å². The standard InChI is InChI=1S/C15H29NO2/c1-3-4-12-14(15(17)18-2)16-13-10-8-6-5-7-9-11-13/h13-14,16H,3-12H2,1-2H3. The first kappa shape index (κ1) is 15.5. The van der Waals surface area contributed by atoms with Crippen molar-refractivity contribution < 1.29 is 9.53 Å². The second kappa shape index (κ2) is 9.37. The third kappa shape index (κ3) is 5.85. The van der Waals surface area contributed by atoms with E-state index in [-0.39, 0.29) is 12.0 Å². The van der Waals surface area contributed by atoms with Crippen molar-refractivity contribution in [2.24, 2.45) is 0 Å². The summed E-state index contributed by atoms with van der Waals surface area (Å²) in [5.74, 6) is -0.0921. The maximum Gasteiger partial charge on any atom is 0.322 e. The molecule has 0 saturated heterocycles. The van der Waals surface area contributed by atoms with E-state index in [1.165, 1.54) is 52.1 Å². The fraction of sp³-hybridized carbons (Fsp3) is 0.933. The van der Waals surface area contributed by atoms with E-state index in [0.29, 0.717) is 6.04 Å². The Hall–Kier alpha value is -0.570. The summed E-state index contributed by atoms with van der Waals surface area (Å²) in [6.45, 7) is 2.16. The number of hydrogen-bond acceptors (Lipinski definition) is 3. The fourth-order valence-electron chi connectivity index (χ4n) is 2.73. The van der Waals surface area contributed by atoms with Gasteiger partial charge in [0.2, 0.25) is 0 Å². The van der Waals surface area contributed by atoms with E-state index in [1.54, 1.807) is 0 Å². The molecule has 1 atom stereocenters. The molecule has 0 heterocycles. The highest BCUT2D eigenvalue weighted by molar-refractivity contribution is 5.75. The van der Waals surface area contributed by atoms with Crippen LogP contribution in [-0.4, -0.2) is 25.2 Å². The van der Waals surface area contributed by atoms with Gasteiger partial charge in [0.25, 0.3) is 0 Å². The molecular weight excluding hydrogens is 226 g/mol. The Morgan fingerprint density at radius 3 is 2.39 bits per heavy atom. The van der Waals surface area contributed by atoms with Crippen LogP contribution in [0.3, 0.4) is 0 Å². The first-order chi connectivity index (χ1) is 8.77. The molecule has 0 spiro atoms. The van der Waals surface area contributed by atoms with Crippen LogP contribution >= 0.6 is 0 Å². The van der Waals surface area contributed by atoms with Gasteiger partial charge in [-0.3, -0.25) is 4.79 Å². The SMILES string of the molecule is CCCCC(NC1CCCCCCC1)C(=O)OC. The largest absolute Gasteiger partial charge is 0.468 e. The van der Waals surface area contributed by atoms with Crippen LogP contribution in [0, 0.1) is 0 Å². The van der Waals surface area contributed by atoms with Crippen molar-refractivity contribution in [2.75, 3.05) is 7.11 Å². The van der Waals surface area contributed by atoms with Crippen LogP contribution in [0.5, 0.6) is 0 Å². The van der Waals surface area contributed by atoms with Crippen LogP contribution in [0.25, 0.3) is 0 Å². The number of carbonyl (C=O) groups excluding carboxylic acids is 1. The van der Waals surface area contributed by atoms with Crippen LogP contribution < -0.4 is 5.32 Å². The lowest BCUT2D eigenvalue weighted by molar-refractivity contribution is -0.143. The van der Waals surface area contributed by atoms with Crippen molar-refractivity contribution in [1.82, 2.24) is 5.32 Å². The van der Waals surface area contributed by atoms with Gasteiger partial charge in [-0.2, -0.15) is 0 Å². The van der Waals surface area contributed by atoms with Gasteiger partial charge in [-0.1, -0.05) is 51.9 Å². The summed E-state index contributed by atoms with van der Waals surface area (Å²) in [6, 6.07) is 0.408. The summed E-state index contributed by atoms with van der Waals surface area (Å²) >= 11 is 0. The smallest absolute Gasteiger partial charge is 0.322 e. The quantitative estimate of drug-likeness (QED) is 0.739. The normalized spacial score (nSPS) is 19.9. The molecule has 0 aromatic rings. The molecule has 18 heavy (non-hydrogen) atoms. The van der Waals surface area contributed by atoms with Gasteiger partial charge in [-0.15, -0.1) is 0 Å².